The summed E-state index contributed by atoms with van der Waals surface area (Å²) in [5.74, 6) is -2.06. The van der Waals surface area contributed by atoms with Gasteiger partial charge in [0.2, 0.25) is 5.91 Å². The smallest absolute Gasteiger partial charge is 0.305 e. The number of benzene rings is 1. The summed E-state index contributed by atoms with van der Waals surface area (Å²) in [6.45, 7) is 0. The highest BCUT2D eigenvalue weighted by atomic mass is 16.6. The normalized spacial score (nSPS) is 11.3. The van der Waals surface area contributed by atoms with E-state index in [0.717, 1.165) is 6.07 Å². The molecule has 9 nitrogen and oxygen atoms in total. The molecule has 0 radical (unpaired) electrons. The molecule has 0 unspecified atom stereocenters. The lowest BCUT2D eigenvalue weighted by Crippen LogP contribution is -2.44. The van der Waals surface area contributed by atoms with Crippen LogP contribution >= 0.6 is 0 Å². The zero-order valence-corrected chi connectivity index (χ0v) is 11.8. The molecule has 1 rings (SSSR count). The lowest BCUT2D eigenvalue weighted by atomic mass is 10.1. The molecule has 0 aliphatic rings. The molecule has 22 heavy (non-hydrogen) atoms. The van der Waals surface area contributed by atoms with Crippen molar-refractivity contribution in [2.24, 2.45) is 5.73 Å². The fourth-order valence-corrected chi connectivity index (χ4v) is 1.65. The maximum Gasteiger partial charge on any atom is 0.305 e. The second-order valence-electron chi connectivity index (χ2n) is 4.35. The van der Waals surface area contributed by atoms with Crippen molar-refractivity contribution in [3.05, 3.63) is 39.9 Å². The van der Waals surface area contributed by atoms with Crippen molar-refractivity contribution in [3.63, 3.8) is 0 Å². The number of nitro benzene ring substituents is 1. The maximum atomic E-state index is 12.0. The molecule has 0 spiro atoms. The van der Waals surface area contributed by atoms with Crippen LogP contribution in [0.5, 0.6) is 0 Å². The van der Waals surface area contributed by atoms with E-state index in [1.807, 2.05) is 0 Å². The summed E-state index contributed by atoms with van der Waals surface area (Å²) in [4.78, 5) is 44.4. The quantitative estimate of drug-likeness (QED) is 0.416. The molecule has 0 aromatic heterocycles. The number of carbonyl (C=O) groups excluding carboxylic acids is 3. The molecule has 0 aliphatic carbocycles. The highest BCUT2D eigenvalue weighted by Gasteiger charge is 2.21. The number of nitrogens with one attached hydrogen (secondary N) is 1. The SMILES string of the molecule is COC(=O)CC[C@H](NC(=O)c1cccc([N+](=O)[O-])c1)C(N)=O. The zero-order chi connectivity index (χ0) is 16.7. The maximum absolute atomic E-state index is 12.0. The van der Waals surface area contributed by atoms with Crippen LogP contribution in [0.2, 0.25) is 0 Å². The second-order valence-corrected chi connectivity index (χ2v) is 4.35. The minimum absolute atomic E-state index is 0.0125. The van der Waals surface area contributed by atoms with Crippen LogP contribution in [0.1, 0.15) is 23.2 Å². The van der Waals surface area contributed by atoms with Gasteiger partial charge in [0.05, 0.1) is 12.0 Å². The van der Waals surface area contributed by atoms with Crippen molar-refractivity contribution in [1.29, 1.82) is 0 Å². The number of nitro groups is 1. The summed E-state index contributed by atoms with van der Waals surface area (Å²) >= 11 is 0. The summed E-state index contributed by atoms with van der Waals surface area (Å²) in [7, 11) is 1.20. The molecular formula is C13H15N3O6. The molecule has 0 aliphatic heterocycles. The van der Waals surface area contributed by atoms with Gasteiger partial charge in [-0.05, 0) is 12.5 Å². The first-order valence-corrected chi connectivity index (χ1v) is 6.26. The Hall–Kier alpha value is -2.97. The number of rotatable bonds is 7. The number of non-ortho nitro benzene ring substituents is 1. The van der Waals surface area contributed by atoms with E-state index in [1.165, 1.54) is 25.3 Å². The summed E-state index contributed by atoms with van der Waals surface area (Å²) in [6.07, 6.45) is -0.123. The second kappa shape index (κ2) is 7.72. The van der Waals surface area contributed by atoms with Crippen LogP contribution in [0.4, 0.5) is 5.69 Å². The van der Waals surface area contributed by atoms with E-state index < -0.39 is 28.7 Å². The highest BCUT2D eigenvalue weighted by molar-refractivity contribution is 5.97. The Bertz CT molecular complexity index is 601. The fourth-order valence-electron chi connectivity index (χ4n) is 1.65. The van der Waals surface area contributed by atoms with Crippen molar-refractivity contribution in [2.75, 3.05) is 7.11 Å². The van der Waals surface area contributed by atoms with Gasteiger partial charge in [-0.2, -0.15) is 0 Å². The van der Waals surface area contributed by atoms with Gasteiger partial charge in [-0.15, -0.1) is 0 Å². The summed E-state index contributed by atoms with van der Waals surface area (Å²) < 4.78 is 4.43. The van der Waals surface area contributed by atoms with Gasteiger partial charge in [-0.25, -0.2) is 0 Å². The van der Waals surface area contributed by atoms with Crippen LogP contribution in [0.25, 0.3) is 0 Å². The first kappa shape index (κ1) is 17.1. The number of methoxy groups -OCH3 is 1. The van der Waals surface area contributed by atoms with Crippen LogP contribution in [0.3, 0.4) is 0 Å². The van der Waals surface area contributed by atoms with Gasteiger partial charge >= 0.3 is 5.97 Å². The number of primary amides is 1. The molecule has 0 saturated carbocycles. The Morgan fingerprint density at radius 3 is 2.64 bits per heavy atom. The van der Waals surface area contributed by atoms with Crippen LogP contribution in [0.15, 0.2) is 24.3 Å². The number of nitrogens with two attached hydrogens (primary N) is 1. The first-order chi connectivity index (χ1) is 10.3. The molecule has 9 heteroatoms. The molecule has 1 aromatic rings. The van der Waals surface area contributed by atoms with Crippen LogP contribution < -0.4 is 11.1 Å². The number of carbonyl (C=O) groups is 3. The van der Waals surface area contributed by atoms with Crippen molar-refractivity contribution < 1.29 is 24.0 Å². The zero-order valence-electron chi connectivity index (χ0n) is 11.8. The molecule has 2 amide bonds. The number of hydrogen-bond acceptors (Lipinski definition) is 6. The van der Waals surface area contributed by atoms with E-state index in [9.17, 15) is 24.5 Å². The molecule has 0 saturated heterocycles. The van der Waals surface area contributed by atoms with E-state index in [-0.39, 0.29) is 24.1 Å². The van der Waals surface area contributed by atoms with Gasteiger partial charge in [0.1, 0.15) is 6.04 Å². The van der Waals surface area contributed by atoms with E-state index in [0.29, 0.717) is 0 Å². The lowest BCUT2D eigenvalue weighted by molar-refractivity contribution is -0.384. The third-order valence-electron chi connectivity index (χ3n) is 2.83. The summed E-state index contributed by atoms with van der Waals surface area (Å²) in [5.41, 5.74) is 4.92. The Morgan fingerprint density at radius 1 is 1.41 bits per heavy atom. The van der Waals surface area contributed by atoms with Gasteiger partial charge in [0.25, 0.3) is 11.6 Å². The van der Waals surface area contributed by atoms with Crippen molar-refractivity contribution in [2.45, 2.75) is 18.9 Å². The third kappa shape index (κ3) is 4.85. The Morgan fingerprint density at radius 2 is 2.09 bits per heavy atom. The van der Waals surface area contributed by atoms with Crippen LogP contribution in [-0.2, 0) is 14.3 Å². The van der Waals surface area contributed by atoms with Crippen LogP contribution in [-0.4, -0.2) is 35.9 Å². The standard InChI is InChI=1S/C13H15N3O6/c1-22-11(17)6-5-10(12(14)18)15-13(19)8-3-2-4-9(7-8)16(20)21/h2-4,7,10H,5-6H2,1H3,(H2,14,18)(H,15,19)/t10-/m0/s1. The average Bonchev–Trinajstić information content (AvgIpc) is 2.50. The number of nitrogens with zero attached hydrogens (tertiary/aromatic N) is 1. The number of hydrogen-bond donors (Lipinski definition) is 2. The molecular weight excluding hydrogens is 294 g/mol. The van der Waals surface area contributed by atoms with Crippen molar-refractivity contribution in [1.82, 2.24) is 5.32 Å². The van der Waals surface area contributed by atoms with E-state index in [1.54, 1.807) is 0 Å². The Balaban J connectivity index is 2.78. The molecule has 0 fully saturated rings. The van der Waals surface area contributed by atoms with E-state index >= 15 is 0 Å². The Kier molecular flexibility index (Phi) is 5.99. The molecule has 1 atom stereocenters. The minimum Gasteiger partial charge on any atom is -0.469 e. The van der Waals surface area contributed by atoms with Crippen LogP contribution in [0, 0.1) is 10.1 Å². The molecule has 3 N–H and O–H groups in total. The summed E-state index contributed by atoms with van der Waals surface area (Å²) in [5, 5.41) is 13.0. The highest BCUT2D eigenvalue weighted by Crippen LogP contribution is 2.13. The van der Waals surface area contributed by atoms with Gasteiger partial charge < -0.3 is 15.8 Å². The van der Waals surface area contributed by atoms with E-state index in [2.05, 4.69) is 10.1 Å². The van der Waals surface area contributed by atoms with Crippen molar-refractivity contribution in [3.8, 4) is 0 Å². The topological polar surface area (TPSA) is 142 Å². The monoisotopic (exact) mass is 309 g/mol. The first-order valence-electron chi connectivity index (χ1n) is 6.26. The molecule has 0 bridgehead atoms. The van der Waals surface area contributed by atoms with Crippen molar-refractivity contribution >= 4 is 23.5 Å². The number of ether oxygens (including phenoxy) is 1. The predicted molar refractivity (Wildman–Crippen MR) is 74.8 cm³/mol. The average molecular weight is 309 g/mol. The van der Waals surface area contributed by atoms with Gasteiger partial charge in [-0.1, -0.05) is 6.07 Å². The minimum atomic E-state index is -1.08. The van der Waals surface area contributed by atoms with Gasteiger partial charge in [-0.3, -0.25) is 24.5 Å². The summed E-state index contributed by atoms with van der Waals surface area (Å²) in [6, 6.07) is 3.94. The fraction of sp³-hybridized carbons (Fsp3) is 0.308. The van der Waals surface area contributed by atoms with Gasteiger partial charge in [0.15, 0.2) is 0 Å². The number of amides is 2. The Labute approximate surface area is 125 Å². The number of esters is 1. The van der Waals surface area contributed by atoms with Gasteiger partial charge in [0, 0.05) is 24.1 Å². The van der Waals surface area contributed by atoms with E-state index in [4.69, 9.17) is 5.73 Å². The third-order valence-corrected chi connectivity index (χ3v) is 2.83. The molecule has 118 valence electrons. The molecule has 1 aromatic carbocycles. The lowest BCUT2D eigenvalue weighted by Gasteiger charge is -2.14. The largest absolute Gasteiger partial charge is 0.469 e. The predicted octanol–water partition coefficient (Wildman–Crippen LogP) is 0.132. The molecule has 0 heterocycles.